The van der Waals surface area contributed by atoms with Crippen LogP contribution in [-0.2, 0) is 16.3 Å². The minimum atomic E-state index is -3.45. The monoisotopic (exact) mass is 374 g/mol. The smallest absolute Gasteiger partial charge is 0.214 e. The molecule has 8 heteroatoms. The maximum atomic E-state index is 12.8. The molecule has 6 nitrogen and oxygen atoms in total. The third-order valence-corrected chi connectivity index (χ3v) is 6.12. The second-order valence-corrected chi connectivity index (χ2v) is 8.14. The molecule has 1 aromatic heterocycles. The molecule has 0 fully saturated rings. The number of hydrogen-bond acceptors (Lipinski definition) is 5. The number of sulfone groups is 1. The molecular weight excluding hydrogens is 356 g/mol. The third kappa shape index (κ3) is 3.97. The average Bonchev–Trinajstić information content (AvgIpc) is 2.94. The summed E-state index contributed by atoms with van der Waals surface area (Å²) in [6.45, 7) is 0. The summed E-state index contributed by atoms with van der Waals surface area (Å²) in [5, 5.41) is 6.74. The number of aromatic nitrogens is 3. The fourth-order valence-electron chi connectivity index (χ4n) is 2.69. The quantitative estimate of drug-likeness (QED) is 0.511. The first-order valence-electron chi connectivity index (χ1n) is 7.71. The lowest BCUT2D eigenvalue weighted by atomic mass is 9.97. The van der Waals surface area contributed by atoms with Crippen LogP contribution >= 0.6 is 12.2 Å². The topological polar surface area (TPSA) is 93.8 Å². The predicted octanol–water partition coefficient (Wildman–Crippen LogP) is 2.45. The molecule has 0 saturated carbocycles. The van der Waals surface area contributed by atoms with Crippen LogP contribution in [0.25, 0.3) is 0 Å². The molecule has 0 saturated heterocycles. The van der Waals surface area contributed by atoms with E-state index in [-0.39, 0.29) is 11.7 Å². The summed E-state index contributed by atoms with van der Waals surface area (Å²) in [4.78, 5) is 0.308. The number of benzene rings is 2. The van der Waals surface area contributed by atoms with Gasteiger partial charge in [0.05, 0.1) is 10.6 Å². The summed E-state index contributed by atoms with van der Waals surface area (Å²) in [6, 6.07) is 17.9. The number of nitrogen functional groups attached to an aromatic ring is 1. The van der Waals surface area contributed by atoms with Crippen molar-refractivity contribution in [1.29, 1.82) is 0 Å². The summed E-state index contributed by atoms with van der Waals surface area (Å²) in [5.74, 6) is 6.06. The minimum Gasteiger partial charge on any atom is -0.335 e. The molecule has 1 unspecified atom stereocenters. The highest BCUT2D eigenvalue weighted by Gasteiger charge is 2.24. The molecule has 130 valence electrons. The van der Waals surface area contributed by atoms with Crippen molar-refractivity contribution in [2.45, 2.75) is 17.2 Å². The highest BCUT2D eigenvalue weighted by Crippen LogP contribution is 2.25. The second kappa shape index (κ2) is 7.20. The molecule has 1 heterocycles. The fraction of sp³-hybridized carbons (Fsp3) is 0.176. The zero-order chi connectivity index (χ0) is 17.9. The Balaban J connectivity index is 1.95. The normalized spacial score (nSPS) is 12.8. The molecule has 0 spiro atoms. The van der Waals surface area contributed by atoms with Gasteiger partial charge in [-0.05, 0) is 29.9 Å². The zero-order valence-corrected chi connectivity index (χ0v) is 15.0. The number of rotatable bonds is 6. The maximum Gasteiger partial charge on any atom is 0.214 e. The molecule has 3 rings (SSSR count). The number of nitrogens with one attached hydrogen (secondary N) is 1. The van der Waals surface area contributed by atoms with Crippen LogP contribution in [-0.4, -0.2) is 29.0 Å². The van der Waals surface area contributed by atoms with Crippen LogP contribution in [0.15, 0.2) is 65.6 Å². The predicted molar refractivity (Wildman–Crippen MR) is 98.9 cm³/mol. The van der Waals surface area contributed by atoms with E-state index in [4.69, 9.17) is 18.1 Å². The van der Waals surface area contributed by atoms with E-state index in [2.05, 4.69) is 10.2 Å². The van der Waals surface area contributed by atoms with Crippen molar-refractivity contribution in [3.05, 3.63) is 76.8 Å². The van der Waals surface area contributed by atoms with Gasteiger partial charge in [0.15, 0.2) is 15.7 Å². The zero-order valence-electron chi connectivity index (χ0n) is 13.4. The Bertz CT molecular complexity index is 996. The molecule has 3 N–H and O–H groups in total. The molecular formula is C17H18N4O2S2. The molecule has 2 aromatic carbocycles. The van der Waals surface area contributed by atoms with E-state index in [0.717, 1.165) is 5.56 Å². The third-order valence-electron chi connectivity index (χ3n) is 4.00. The van der Waals surface area contributed by atoms with E-state index in [9.17, 15) is 8.42 Å². The van der Waals surface area contributed by atoms with E-state index in [0.29, 0.717) is 21.9 Å². The van der Waals surface area contributed by atoms with Crippen molar-refractivity contribution in [3.8, 4) is 0 Å². The van der Waals surface area contributed by atoms with Crippen molar-refractivity contribution in [2.75, 3.05) is 11.6 Å². The van der Waals surface area contributed by atoms with Gasteiger partial charge >= 0.3 is 0 Å². The first-order valence-corrected chi connectivity index (χ1v) is 9.77. The van der Waals surface area contributed by atoms with Crippen LogP contribution in [0.3, 0.4) is 0 Å². The number of H-pyrrole nitrogens is 1. The van der Waals surface area contributed by atoms with E-state index in [1.807, 2.05) is 30.3 Å². The lowest BCUT2D eigenvalue weighted by molar-refractivity contribution is 0.583. The molecule has 0 bridgehead atoms. The number of hydrogen-bond donors (Lipinski definition) is 2. The Kier molecular flexibility index (Phi) is 5.00. The maximum absolute atomic E-state index is 12.8. The lowest BCUT2D eigenvalue weighted by Gasteiger charge is -2.17. The Labute approximate surface area is 151 Å². The van der Waals surface area contributed by atoms with Gasteiger partial charge in [-0.3, -0.25) is 5.10 Å². The number of aromatic amines is 1. The molecule has 0 radical (unpaired) electrons. The standard InChI is InChI=1S/C17H18N4O2S2/c18-21-16(19-20-17(21)24)11-14(13-7-3-1-4-8-13)12-25(22,23)15-9-5-2-6-10-15/h1-10,14H,11-12,18H2,(H,20,24). The summed E-state index contributed by atoms with van der Waals surface area (Å²) < 4.78 is 27.2. The second-order valence-electron chi connectivity index (χ2n) is 5.72. The first-order chi connectivity index (χ1) is 12.0. The molecule has 0 amide bonds. The highest BCUT2D eigenvalue weighted by molar-refractivity contribution is 7.91. The Morgan fingerprint density at radius 1 is 1.08 bits per heavy atom. The SMILES string of the molecule is Nn1c(CC(CS(=O)(=O)c2ccccc2)c2ccccc2)n[nH]c1=S. The van der Waals surface area contributed by atoms with Crippen molar-refractivity contribution in [1.82, 2.24) is 14.9 Å². The van der Waals surface area contributed by atoms with Gasteiger partial charge in [0, 0.05) is 12.3 Å². The van der Waals surface area contributed by atoms with E-state index in [1.54, 1.807) is 30.3 Å². The van der Waals surface area contributed by atoms with Crippen LogP contribution in [0.4, 0.5) is 0 Å². The van der Waals surface area contributed by atoms with E-state index >= 15 is 0 Å². The van der Waals surface area contributed by atoms with Crippen LogP contribution in [0.1, 0.15) is 17.3 Å². The van der Waals surface area contributed by atoms with Crippen molar-refractivity contribution in [2.24, 2.45) is 0 Å². The Morgan fingerprint density at radius 2 is 1.68 bits per heavy atom. The van der Waals surface area contributed by atoms with Crippen molar-refractivity contribution < 1.29 is 8.42 Å². The van der Waals surface area contributed by atoms with Crippen LogP contribution in [0.5, 0.6) is 0 Å². The number of nitrogens with two attached hydrogens (primary N) is 1. The van der Waals surface area contributed by atoms with Crippen LogP contribution in [0, 0.1) is 4.77 Å². The average molecular weight is 374 g/mol. The fourth-order valence-corrected chi connectivity index (χ4v) is 4.44. The number of nitrogens with zero attached hydrogens (tertiary/aromatic N) is 2. The van der Waals surface area contributed by atoms with Gasteiger partial charge in [0.2, 0.25) is 4.77 Å². The largest absolute Gasteiger partial charge is 0.335 e. The molecule has 1 atom stereocenters. The van der Waals surface area contributed by atoms with E-state index < -0.39 is 9.84 Å². The highest BCUT2D eigenvalue weighted by atomic mass is 32.2. The van der Waals surface area contributed by atoms with Gasteiger partial charge in [-0.1, -0.05) is 48.5 Å². The summed E-state index contributed by atoms with van der Waals surface area (Å²) in [6.07, 6.45) is 0.361. The van der Waals surface area contributed by atoms with E-state index in [1.165, 1.54) is 4.68 Å². The molecule has 25 heavy (non-hydrogen) atoms. The summed E-state index contributed by atoms with van der Waals surface area (Å²) >= 11 is 5.03. The van der Waals surface area contributed by atoms with Crippen LogP contribution < -0.4 is 5.84 Å². The van der Waals surface area contributed by atoms with Crippen molar-refractivity contribution in [3.63, 3.8) is 0 Å². The molecule has 0 aliphatic heterocycles. The Hall–Kier alpha value is -2.45. The van der Waals surface area contributed by atoms with Gasteiger partial charge in [-0.25, -0.2) is 13.1 Å². The van der Waals surface area contributed by atoms with Crippen LogP contribution in [0.2, 0.25) is 0 Å². The van der Waals surface area contributed by atoms with Gasteiger partial charge in [-0.15, -0.1) is 0 Å². The van der Waals surface area contributed by atoms with Crippen molar-refractivity contribution >= 4 is 22.1 Å². The molecule has 0 aliphatic carbocycles. The minimum absolute atomic E-state index is 0.0410. The molecule has 0 aliphatic rings. The van der Waals surface area contributed by atoms with Gasteiger partial charge in [0.25, 0.3) is 0 Å². The van der Waals surface area contributed by atoms with Gasteiger partial charge in [-0.2, -0.15) is 5.10 Å². The summed E-state index contributed by atoms with van der Waals surface area (Å²) in [7, 11) is -3.45. The molecule has 3 aromatic rings. The van der Waals surface area contributed by atoms with Gasteiger partial charge < -0.3 is 5.84 Å². The first kappa shape index (κ1) is 17.4. The summed E-state index contributed by atoms with van der Waals surface area (Å²) in [5.41, 5.74) is 0.913. The Morgan fingerprint density at radius 3 is 2.24 bits per heavy atom. The lowest BCUT2D eigenvalue weighted by Crippen LogP contribution is -2.21. The van der Waals surface area contributed by atoms with Gasteiger partial charge in [0.1, 0.15) is 0 Å².